The Balaban J connectivity index is 1.31. The summed E-state index contributed by atoms with van der Waals surface area (Å²) in [4.78, 5) is 24.2. The van der Waals surface area contributed by atoms with Gasteiger partial charge < -0.3 is 9.64 Å². The van der Waals surface area contributed by atoms with Gasteiger partial charge in [-0.1, -0.05) is 0 Å². The van der Waals surface area contributed by atoms with Gasteiger partial charge in [0.25, 0.3) is 5.56 Å². The number of piperidine rings is 1. The third-order valence-electron chi connectivity index (χ3n) is 5.71. The van der Waals surface area contributed by atoms with E-state index in [9.17, 15) is 4.79 Å². The summed E-state index contributed by atoms with van der Waals surface area (Å²) in [6.45, 7) is 2.51. The lowest BCUT2D eigenvalue weighted by Gasteiger charge is -2.33. The smallest absolute Gasteiger partial charge is 0.261 e. The van der Waals surface area contributed by atoms with Crippen LogP contribution in [0.2, 0.25) is 0 Å². The number of hydrogen-bond donors (Lipinski definition) is 0. The SMILES string of the molecule is COc1ccc2c(=O)n(CC3CCN(c4nccn5nccc45)CC3)cnc2c1. The fraction of sp³-hybridized carbons (Fsp3) is 0.333. The van der Waals surface area contributed by atoms with Gasteiger partial charge in [0.1, 0.15) is 11.3 Å². The van der Waals surface area contributed by atoms with Crippen LogP contribution in [0.15, 0.2) is 54.0 Å². The normalized spacial score (nSPS) is 15.3. The summed E-state index contributed by atoms with van der Waals surface area (Å²) in [7, 11) is 1.61. The van der Waals surface area contributed by atoms with Crippen molar-refractivity contribution in [2.45, 2.75) is 19.4 Å². The molecule has 5 rings (SSSR count). The number of benzene rings is 1. The number of ether oxygens (including phenoxy) is 1. The molecule has 148 valence electrons. The largest absolute Gasteiger partial charge is 0.497 e. The number of anilines is 1. The number of nitrogens with zero attached hydrogens (tertiary/aromatic N) is 6. The fourth-order valence-electron chi connectivity index (χ4n) is 4.09. The number of methoxy groups -OCH3 is 1. The van der Waals surface area contributed by atoms with Crippen molar-refractivity contribution in [2.24, 2.45) is 5.92 Å². The topological polar surface area (TPSA) is 77.5 Å². The molecule has 1 aromatic carbocycles. The van der Waals surface area contributed by atoms with Crippen LogP contribution < -0.4 is 15.2 Å². The molecule has 0 aliphatic carbocycles. The third-order valence-corrected chi connectivity index (χ3v) is 5.71. The highest BCUT2D eigenvalue weighted by Gasteiger charge is 2.22. The molecule has 0 spiro atoms. The lowest BCUT2D eigenvalue weighted by atomic mass is 9.96. The minimum atomic E-state index is 0.00535. The Labute approximate surface area is 167 Å². The van der Waals surface area contributed by atoms with E-state index < -0.39 is 0 Å². The van der Waals surface area contributed by atoms with Crippen molar-refractivity contribution in [3.63, 3.8) is 0 Å². The summed E-state index contributed by atoms with van der Waals surface area (Å²) >= 11 is 0. The monoisotopic (exact) mass is 390 g/mol. The van der Waals surface area contributed by atoms with Gasteiger partial charge in [-0.15, -0.1) is 0 Å². The molecule has 4 heterocycles. The molecule has 29 heavy (non-hydrogen) atoms. The predicted octanol–water partition coefficient (Wildman–Crippen LogP) is 2.36. The first-order valence-electron chi connectivity index (χ1n) is 9.79. The molecule has 8 heteroatoms. The van der Waals surface area contributed by atoms with Crippen LogP contribution in [0.4, 0.5) is 5.82 Å². The van der Waals surface area contributed by atoms with Crippen molar-refractivity contribution in [1.82, 2.24) is 24.1 Å². The van der Waals surface area contributed by atoms with Crippen molar-refractivity contribution >= 4 is 22.2 Å². The van der Waals surface area contributed by atoms with Gasteiger partial charge in [-0.2, -0.15) is 5.10 Å². The number of aromatic nitrogens is 5. The van der Waals surface area contributed by atoms with Crippen LogP contribution in [0.1, 0.15) is 12.8 Å². The van der Waals surface area contributed by atoms with E-state index in [1.54, 1.807) is 48.6 Å². The van der Waals surface area contributed by atoms with Crippen molar-refractivity contribution < 1.29 is 4.74 Å². The molecule has 1 saturated heterocycles. The van der Waals surface area contributed by atoms with Gasteiger partial charge in [-0.3, -0.25) is 9.36 Å². The molecule has 0 bridgehead atoms. The molecule has 1 fully saturated rings. The summed E-state index contributed by atoms with van der Waals surface area (Å²) < 4.78 is 8.81. The first kappa shape index (κ1) is 17.7. The lowest BCUT2D eigenvalue weighted by molar-refractivity contribution is 0.351. The van der Waals surface area contributed by atoms with E-state index in [1.165, 1.54) is 0 Å². The molecular weight excluding hydrogens is 368 g/mol. The lowest BCUT2D eigenvalue weighted by Crippen LogP contribution is -2.37. The molecule has 0 unspecified atom stereocenters. The highest BCUT2D eigenvalue weighted by atomic mass is 16.5. The maximum Gasteiger partial charge on any atom is 0.261 e. The first-order valence-corrected chi connectivity index (χ1v) is 9.79. The second-order valence-corrected chi connectivity index (χ2v) is 7.43. The first-order chi connectivity index (χ1) is 14.2. The highest BCUT2D eigenvalue weighted by molar-refractivity contribution is 5.78. The molecule has 1 aliphatic rings. The average molecular weight is 390 g/mol. The molecule has 0 N–H and O–H groups in total. The van der Waals surface area contributed by atoms with Crippen molar-refractivity contribution in [1.29, 1.82) is 0 Å². The average Bonchev–Trinajstić information content (AvgIpc) is 3.25. The van der Waals surface area contributed by atoms with Crippen LogP contribution in [0.25, 0.3) is 16.4 Å². The second-order valence-electron chi connectivity index (χ2n) is 7.43. The van der Waals surface area contributed by atoms with E-state index in [4.69, 9.17) is 4.74 Å². The number of hydrogen-bond acceptors (Lipinski definition) is 6. The molecule has 0 amide bonds. The van der Waals surface area contributed by atoms with E-state index in [-0.39, 0.29) is 5.56 Å². The van der Waals surface area contributed by atoms with E-state index in [2.05, 4.69) is 20.0 Å². The van der Waals surface area contributed by atoms with Gasteiger partial charge in [-0.05, 0) is 37.0 Å². The Hall–Kier alpha value is -3.42. The molecule has 3 aromatic heterocycles. The van der Waals surface area contributed by atoms with Crippen molar-refractivity contribution in [3.05, 3.63) is 59.5 Å². The molecular formula is C21H22N6O2. The summed E-state index contributed by atoms with van der Waals surface area (Å²) in [5, 5.41) is 4.91. The highest BCUT2D eigenvalue weighted by Crippen LogP contribution is 2.26. The van der Waals surface area contributed by atoms with Gasteiger partial charge in [-0.25, -0.2) is 14.5 Å². The van der Waals surface area contributed by atoms with Crippen LogP contribution in [-0.2, 0) is 6.54 Å². The Bertz CT molecular complexity index is 1220. The standard InChI is InChI=1S/C21H22N6O2/c1-29-16-2-3-17-18(12-16)23-14-26(21(17)28)13-15-5-9-25(10-6-15)20-19-4-7-24-27(19)11-8-22-20/h2-4,7-8,11-12,14-15H,5-6,9-10,13H2,1H3. The van der Waals surface area contributed by atoms with E-state index in [0.29, 0.717) is 29.1 Å². The van der Waals surface area contributed by atoms with Crippen LogP contribution in [-0.4, -0.2) is 44.3 Å². The van der Waals surface area contributed by atoms with E-state index in [0.717, 1.165) is 37.3 Å². The predicted molar refractivity (Wildman–Crippen MR) is 110 cm³/mol. The quantitative estimate of drug-likeness (QED) is 0.532. The Morgan fingerprint density at radius 2 is 2.00 bits per heavy atom. The minimum absolute atomic E-state index is 0.00535. The third kappa shape index (κ3) is 3.20. The van der Waals surface area contributed by atoms with Gasteiger partial charge in [0.2, 0.25) is 0 Å². The maximum absolute atomic E-state index is 12.9. The van der Waals surface area contributed by atoms with Crippen LogP contribution >= 0.6 is 0 Å². The van der Waals surface area contributed by atoms with Crippen LogP contribution in [0, 0.1) is 5.92 Å². The summed E-state index contributed by atoms with van der Waals surface area (Å²) in [6, 6.07) is 7.38. The summed E-state index contributed by atoms with van der Waals surface area (Å²) in [5.74, 6) is 2.12. The Morgan fingerprint density at radius 1 is 1.14 bits per heavy atom. The Morgan fingerprint density at radius 3 is 2.83 bits per heavy atom. The van der Waals surface area contributed by atoms with Crippen molar-refractivity contribution in [3.8, 4) is 5.75 Å². The molecule has 0 atom stereocenters. The summed E-state index contributed by atoms with van der Waals surface area (Å²) in [5.41, 5.74) is 1.70. The zero-order chi connectivity index (χ0) is 19.8. The fourth-order valence-corrected chi connectivity index (χ4v) is 4.09. The molecule has 0 radical (unpaired) electrons. The number of rotatable bonds is 4. The molecule has 8 nitrogen and oxygen atoms in total. The van der Waals surface area contributed by atoms with Crippen LogP contribution in [0.3, 0.4) is 0 Å². The Kier molecular flexibility index (Phi) is 4.38. The van der Waals surface area contributed by atoms with Gasteiger partial charge in [0.15, 0.2) is 5.82 Å². The van der Waals surface area contributed by atoms with E-state index in [1.807, 2.05) is 16.8 Å². The molecule has 4 aromatic rings. The van der Waals surface area contributed by atoms with Crippen LogP contribution in [0.5, 0.6) is 5.75 Å². The zero-order valence-corrected chi connectivity index (χ0v) is 16.2. The van der Waals surface area contributed by atoms with Gasteiger partial charge >= 0.3 is 0 Å². The van der Waals surface area contributed by atoms with Gasteiger partial charge in [0, 0.05) is 38.1 Å². The molecule has 0 saturated carbocycles. The van der Waals surface area contributed by atoms with Gasteiger partial charge in [0.05, 0.1) is 30.5 Å². The number of fused-ring (bicyclic) bond motifs is 2. The maximum atomic E-state index is 12.9. The summed E-state index contributed by atoms with van der Waals surface area (Å²) in [6.07, 6.45) is 9.11. The minimum Gasteiger partial charge on any atom is -0.497 e. The molecule has 1 aliphatic heterocycles. The van der Waals surface area contributed by atoms with E-state index >= 15 is 0 Å². The zero-order valence-electron chi connectivity index (χ0n) is 16.2. The van der Waals surface area contributed by atoms with Crippen molar-refractivity contribution in [2.75, 3.05) is 25.1 Å². The second kappa shape index (κ2) is 7.20.